The van der Waals surface area contributed by atoms with Crippen LogP contribution in [-0.2, 0) is 30.8 Å². The number of unbranched alkanes of at least 4 members (excludes halogenated alkanes) is 2. The van der Waals surface area contributed by atoms with E-state index in [1.165, 1.54) is 25.7 Å². The molecule has 0 aliphatic rings. The summed E-state index contributed by atoms with van der Waals surface area (Å²) in [6.07, 6.45) is 19.6. The van der Waals surface area contributed by atoms with Gasteiger partial charge in [-0.25, -0.2) is 0 Å². The molecule has 0 N–H and O–H groups in total. The van der Waals surface area contributed by atoms with E-state index in [0.29, 0.717) is 0 Å². The maximum atomic E-state index is 3.45. The van der Waals surface area contributed by atoms with Crippen LogP contribution in [0.15, 0.2) is 43.0 Å². The summed E-state index contributed by atoms with van der Waals surface area (Å²) in [4.78, 5) is 0. The van der Waals surface area contributed by atoms with Crippen molar-refractivity contribution >= 4 is 13.3 Å². The van der Waals surface area contributed by atoms with Crippen LogP contribution in [0, 0.1) is 18.7 Å². The number of hydrogen-bond acceptors (Lipinski definition) is 0. The average Bonchev–Trinajstić information content (AvgIpc) is 3.36. The number of hydrogen-bond donors (Lipinski definition) is 0. The molecule has 0 unspecified atom stereocenters. The molecule has 0 aliphatic carbocycles. The third-order valence-electron chi connectivity index (χ3n) is 4.05. The molecule has 26 heavy (non-hydrogen) atoms. The monoisotopic (exact) mass is 595 g/mol. The van der Waals surface area contributed by atoms with E-state index in [2.05, 4.69) is 85.6 Å². The molecule has 3 aromatic rings. The Labute approximate surface area is 174 Å². The molecule has 0 saturated carbocycles. The van der Waals surface area contributed by atoms with Crippen LogP contribution in [0.5, 0.6) is 0 Å². The zero-order valence-electron chi connectivity index (χ0n) is 15.3. The van der Waals surface area contributed by atoms with Crippen molar-refractivity contribution in [1.29, 1.82) is 0 Å². The van der Waals surface area contributed by atoms with Crippen LogP contribution in [0.2, 0.25) is 0 Å². The molecule has 143 valence electrons. The third-order valence-corrected chi connectivity index (χ3v) is 4.05. The van der Waals surface area contributed by atoms with Gasteiger partial charge in [0, 0.05) is 24.8 Å². The van der Waals surface area contributed by atoms with Crippen molar-refractivity contribution < 1.29 is 26.9 Å². The van der Waals surface area contributed by atoms with Crippen molar-refractivity contribution in [2.24, 2.45) is 0 Å². The van der Waals surface area contributed by atoms with Gasteiger partial charge in [-0.05, 0) is 12.8 Å². The molecule has 2 aromatic heterocycles. The van der Waals surface area contributed by atoms with Crippen molar-refractivity contribution in [3.05, 3.63) is 61.7 Å². The fraction of sp³-hybridized carbons (Fsp3) is 0.400. The normalized spacial score (nSPS) is 10.5. The van der Waals surface area contributed by atoms with Gasteiger partial charge in [0.15, 0.2) is 0 Å². The quantitative estimate of drug-likeness (QED) is 0.279. The zero-order chi connectivity index (χ0) is 18.8. The maximum absolute atomic E-state index is 3.45. The van der Waals surface area contributed by atoms with Crippen LogP contribution in [-0.4, -0.2) is 9.13 Å². The number of aromatic nitrogens is 4. The molecular weight excluding hydrogens is 571 g/mol. The van der Waals surface area contributed by atoms with E-state index in [1.807, 2.05) is 39.3 Å². The van der Waals surface area contributed by atoms with Gasteiger partial charge < -0.3 is 18.3 Å². The first kappa shape index (κ1) is 21.1. The Kier molecular flexibility index (Phi) is 9.34. The van der Waals surface area contributed by atoms with E-state index in [-0.39, 0.29) is 0 Å². The molecule has 4 nitrogen and oxygen atoms in total. The van der Waals surface area contributed by atoms with Gasteiger partial charge in [-0.2, -0.15) is 24.3 Å². The molecule has 2 heterocycles. The van der Waals surface area contributed by atoms with Crippen molar-refractivity contribution in [2.75, 3.05) is 0 Å². The first-order chi connectivity index (χ1) is 12.8. The van der Waals surface area contributed by atoms with Gasteiger partial charge in [0.2, 0.25) is 12.7 Å². The summed E-state index contributed by atoms with van der Waals surface area (Å²) in [5, 5.41) is 0. The minimum atomic E-state index is 0.991. The van der Waals surface area contributed by atoms with Crippen LogP contribution >= 0.6 is 13.3 Å². The Morgan fingerprint density at radius 1 is 0.885 bits per heavy atom. The number of benzene rings is 1. The predicted molar refractivity (Wildman–Crippen MR) is 101 cm³/mol. The summed E-state index contributed by atoms with van der Waals surface area (Å²) in [7, 11) is 0. The SMILES string of the molecule is CCCC[n+]1[c-]n(-c2[c-]c(-n3[c-][n+](CCCC)cc3)ccc2)cc1.[Br][Pt]. The fourth-order valence-electron chi connectivity index (χ4n) is 2.60. The fourth-order valence-corrected chi connectivity index (χ4v) is 2.60. The number of aryl methyl sites for hydroxylation is 2. The summed E-state index contributed by atoms with van der Waals surface area (Å²) < 4.78 is 8.19. The van der Waals surface area contributed by atoms with Crippen LogP contribution in [0.25, 0.3) is 11.4 Å². The molecule has 0 fully saturated rings. The number of rotatable bonds is 8. The molecule has 0 spiro atoms. The number of imidazole rings is 2. The van der Waals surface area contributed by atoms with Crippen LogP contribution in [0.4, 0.5) is 0 Å². The molecule has 0 bridgehead atoms. The van der Waals surface area contributed by atoms with Crippen molar-refractivity contribution in [2.45, 2.75) is 52.6 Å². The first-order valence-electron chi connectivity index (χ1n) is 8.95. The van der Waals surface area contributed by atoms with Crippen molar-refractivity contribution in [3.8, 4) is 11.4 Å². The van der Waals surface area contributed by atoms with Crippen molar-refractivity contribution in [1.82, 2.24) is 9.13 Å². The van der Waals surface area contributed by atoms with E-state index in [4.69, 9.17) is 0 Å². The van der Waals surface area contributed by atoms with Crippen LogP contribution < -0.4 is 9.13 Å². The van der Waals surface area contributed by atoms with Gasteiger partial charge in [-0.3, -0.25) is 0 Å². The molecule has 0 atom stereocenters. The summed E-state index contributed by atoms with van der Waals surface area (Å²) in [5.74, 6) is 0. The Bertz CT molecular complexity index is 720. The second-order valence-electron chi connectivity index (χ2n) is 6.05. The van der Waals surface area contributed by atoms with E-state index < -0.39 is 0 Å². The van der Waals surface area contributed by atoms with Gasteiger partial charge >= 0.3 is 31.1 Å². The predicted octanol–water partition coefficient (Wildman–Crippen LogP) is 3.69. The van der Waals surface area contributed by atoms with Gasteiger partial charge in [0.05, 0.1) is 13.1 Å². The molecule has 1 aromatic carbocycles. The summed E-state index contributed by atoms with van der Waals surface area (Å²) >= 11 is 4.86. The summed E-state index contributed by atoms with van der Waals surface area (Å²) in [6, 6.07) is 9.61. The van der Waals surface area contributed by atoms with Crippen molar-refractivity contribution in [3.63, 3.8) is 0 Å². The molecular formula is C20H25BrN4Pt-. The Morgan fingerprint density at radius 2 is 1.35 bits per heavy atom. The molecule has 0 amide bonds. The van der Waals surface area contributed by atoms with Gasteiger partial charge in [-0.1, -0.05) is 38.1 Å². The molecule has 0 radical (unpaired) electrons. The van der Waals surface area contributed by atoms with Gasteiger partial charge in [0.25, 0.3) is 0 Å². The molecule has 3 rings (SSSR count). The van der Waals surface area contributed by atoms with Gasteiger partial charge in [-0.15, -0.1) is 0 Å². The second kappa shape index (κ2) is 11.5. The van der Waals surface area contributed by atoms with Crippen LogP contribution in [0.1, 0.15) is 39.5 Å². The Hall–Kier alpha value is -1.19. The van der Waals surface area contributed by atoms with E-state index in [9.17, 15) is 0 Å². The molecule has 0 aliphatic heterocycles. The van der Waals surface area contributed by atoms with E-state index in [0.717, 1.165) is 24.5 Å². The van der Waals surface area contributed by atoms with Gasteiger partial charge in [0.1, 0.15) is 0 Å². The number of halogens is 1. The molecule has 0 saturated heterocycles. The zero-order valence-corrected chi connectivity index (χ0v) is 19.1. The minimum absolute atomic E-state index is 0.991. The number of nitrogens with zero attached hydrogens (tertiary/aromatic N) is 4. The standard InChI is InChI=1S/C20H25N4.BrH.Pt/c1-3-5-10-21-12-14-23(17-21)19-8-7-9-20(16-19)24-15-13-22(18-24)11-6-4-2;;/h7-9,12-15H,3-6,10-11H2,1-2H3;1H;/q-1;;+1/p-1. The second-order valence-corrected chi connectivity index (χ2v) is 6.05. The van der Waals surface area contributed by atoms with E-state index in [1.54, 1.807) is 0 Å². The first-order valence-corrected chi connectivity index (χ1v) is 13.9. The third kappa shape index (κ3) is 5.92. The molecule has 6 heteroatoms. The Balaban J connectivity index is 0.00000117. The van der Waals surface area contributed by atoms with E-state index >= 15 is 0 Å². The Morgan fingerprint density at radius 3 is 1.77 bits per heavy atom. The topological polar surface area (TPSA) is 17.6 Å². The summed E-state index contributed by atoms with van der Waals surface area (Å²) in [6.45, 7) is 6.42. The van der Waals surface area contributed by atoms with Crippen LogP contribution in [0.3, 0.4) is 0 Å². The average molecular weight is 596 g/mol. The summed E-state index contributed by atoms with van der Waals surface area (Å²) in [5.41, 5.74) is 1.98.